The summed E-state index contributed by atoms with van der Waals surface area (Å²) in [4.78, 5) is 16.4. The molecule has 2 atom stereocenters. The molecule has 3 rings (SSSR count). The van der Waals surface area contributed by atoms with E-state index >= 15 is 0 Å². The summed E-state index contributed by atoms with van der Waals surface area (Å²) in [5.41, 5.74) is 2.55. The number of hydrogen-bond donors (Lipinski definition) is 3. The molecular weight excluding hydrogens is 288 g/mol. The largest absolute Gasteiger partial charge is 0.354 e. The fraction of sp³-hybridized carbons (Fsp3) is 0.333. The quantitative estimate of drug-likeness (QED) is 0.812. The third-order valence-corrected chi connectivity index (χ3v) is 4.06. The molecular formula is C18H22N4O. The topological polar surface area (TPSA) is 66.0 Å². The van der Waals surface area contributed by atoms with Gasteiger partial charge in [-0.05, 0) is 62.7 Å². The van der Waals surface area contributed by atoms with Crippen LogP contribution < -0.4 is 16.0 Å². The van der Waals surface area contributed by atoms with E-state index in [4.69, 9.17) is 0 Å². The van der Waals surface area contributed by atoms with Gasteiger partial charge in [0.25, 0.3) is 5.91 Å². The fourth-order valence-electron chi connectivity index (χ4n) is 2.84. The van der Waals surface area contributed by atoms with Crippen molar-refractivity contribution in [3.05, 3.63) is 54.4 Å². The minimum absolute atomic E-state index is 0.00275. The molecule has 1 fully saturated rings. The summed E-state index contributed by atoms with van der Waals surface area (Å²) < 4.78 is 0. The Morgan fingerprint density at radius 1 is 1.22 bits per heavy atom. The molecule has 0 aliphatic carbocycles. The maximum Gasteiger partial charge on any atom is 0.251 e. The molecule has 1 amide bonds. The molecule has 0 saturated carbocycles. The van der Waals surface area contributed by atoms with Gasteiger partial charge in [0.15, 0.2) is 0 Å². The number of pyridine rings is 1. The molecule has 5 heteroatoms. The number of aromatic nitrogens is 1. The van der Waals surface area contributed by atoms with Crippen LogP contribution in [0.15, 0.2) is 48.8 Å². The molecule has 120 valence electrons. The Bertz CT molecular complexity index is 642. The number of rotatable bonds is 4. The first kappa shape index (κ1) is 15.5. The molecule has 23 heavy (non-hydrogen) atoms. The molecule has 3 N–H and O–H groups in total. The number of benzene rings is 1. The highest BCUT2D eigenvalue weighted by molar-refractivity contribution is 5.94. The minimum atomic E-state index is -0.00275. The highest BCUT2D eigenvalue weighted by atomic mass is 16.1. The van der Waals surface area contributed by atoms with E-state index in [1.54, 1.807) is 12.4 Å². The third kappa shape index (κ3) is 4.29. The molecule has 1 aliphatic rings. The third-order valence-electron chi connectivity index (χ3n) is 4.06. The summed E-state index contributed by atoms with van der Waals surface area (Å²) >= 11 is 0. The van der Waals surface area contributed by atoms with Gasteiger partial charge in [0.1, 0.15) is 0 Å². The molecule has 2 heterocycles. The lowest BCUT2D eigenvalue weighted by Crippen LogP contribution is -2.46. The van der Waals surface area contributed by atoms with Crippen LogP contribution in [0.5, 0.6) is 0 Å². The predicted octanol–water partition coefficient (Wildman–Crippen LogP) is 2.70. The van der Waals surface area contributed by atoms with Crippen LogP contribution in [-0.2, 0) is 0 Å². The van der Waals surface area contributed by atoms with Crippen LogP contribution >= 0.6 is 0 Å². The van der Waals surface area contributed by atoms with Gasteiger partial charge in [0.2, 0.25) is 0 Å². The fourth-order valence-corrected chi connectivity index (χ4v) is 2.84. The Balaban J connectivity index is 1.59. The van der Waals surface area contributed by atoms with Crippen LogP contribution in [-0.4, -0.2) is 29.5 Å². The Morgan fingerprint density at radius 3 is 2.74 bits per heavy atom. The summed E-state index contributed by atoms with van der Waals surface area (Å²) in [7, 11) is 0. The first-order valence-electron chi connectivity index (χ1n) is 8.02. The van der Waals surface area contributed by atoms with Crippen molar-refractivity contribution in [2.75, 3.05) is 11.9 Å². The Hall–Kier alpha value is -2.40. The van der Waals surface area contributed by atoms with E-state index < -0.39 is 0 Å². The molecule has 1 saturated heterocycles. The van der Waals surface area contributed by atoms with Gasteiger partial charge in [-0.3, -0.25) is 9.78 Å². The highest BCUT2D eigenvalue weighted by Gasteiger charge is 2.20. The number of anilines is 2. The molecule has 1 aliphatic heterocycles. The molecule has 1 aromatic heterocycles. The van der Waals surface area contributed by atoms with Gasteiger partial charge in [0.05, 0.1) is 11.9 Å². The maximum atomic E-state index is 12.3. The van der Waals surface area contributed by atoms with Crippen molar-refractivity contribution in [3.63, 3.8) is 0 Å². The molecule has 0 radical (unpaired) electrons. The van der Waals surface area contributed by atoms with Crippen molar-refractivity contribution >= 4 is 17.3 Å². The van der Waals surface area contributed by atoms with E-state index in [-0.39, 0.29) is 11.9 Å². The molecule has 1 aromatic carbocycles. The average Bonchev–Trinajstić information content (AvgIpc) is 2.56. The molecule has 2 unspecified atom stereocenters. The van der Waals surface area contributed by atoms with Gasteiger partial charge in [-0.2, -0.15) is 0 Å². The van der Waals surface area contributed by atoms with E-state index in [9.17, 15) is 4.79 Å². The van der Waals surface area contributed by atoms with Crippen molar-refractivity contribution in [2.45, 2.75) is 31.8 Å². The van der Waals surface area contributed by atoms with Crippen LogP contribution in [0, 0.1) is 0 Å². The van der Waals surface area contributed by atoms with E-state index in [0.717, 1.165) is 30.8 Å². The maximum absolute atomic E-state index is 12.3. The average molecular weight is 310 g/mol. The zero-order chi connectivity index (χ0) is 16.1. The second kappa shape index (κ2) is 7.24. The Morgan fingerprint density at radius 2 is 2.04 bits per heavy atom. The summed E-state index contributed by atoms with van der Waals surface area (Å²) in [6.07, 6.45) is 5.46. The van der Waals surface area contributed by atoms with Crippen LogP contribution in [0.4, 0.5) is 11.4 Å². The summed E-state index contributed by atoms with van der Waals surface area (Å²) in [6, 6.07) is 12.1. The molecule has 0 bridgehead atoms. The first-order chi connectivity index (χ1) is 11.2. The molecule has 2 aromatic rings. The smallest absolute Gasteiger partial charge is 0.251 e. The van der Waals surface area contributed by atoms with Crippen molar-refractivity contribution < 1.29 is 4.79 Å². The monoisotopic (exact) mass is 310 g/mol. The van der Waals surface area contributed by atoms with Gasteiger partial charge in [-0.25, -0.2) is 0 Å². The predicted molar refractivity (Wildman–Crippen MR) is 91.9 cm³/mol. The van der Waals surface area contributed by atoms with Gasteiger partial charge < -0.3 is 16.0 Å². The zero-order valence-corrected chi connectivity index (χ0v) is 13.3. The van der Waals surface area contributed by atoms with E-state index in [0.29, 0.717) is 11.6 Å². The van der Waals surface area contributed by atoms with Crippen LogP contribution in [0.25, 0.3) is 0 Å². The number of piperidine rings is 1. The Labute approximate surface area is 136 Å². The summed E-state index contributed by atoms with van der Waals surface area (Å²) in [5.74, 6) is -0.00275. The van der Waals surface area contributed by atoms with E-state index in [2.05, 4.69) is 27.9 Å². The van der Waals surface area contributed by atoms with Crippen LogP contribution in [0.3, 0.4) is 0 Å². The number of amides is 1. The minimum Gasteiger partial charge on any atom is -0.354 e. The lowest BCUT2D eigenvalue weighted by Gasteiger charge is -2.28. The second-order valence-electron chi connectivity index (χ2n) is 5.99. The number of carbonyl (C=O) groups is 1. The van der Waals surface area contributed by atoms with Crippen molar-refractivity contribution in [2.24, 2.45) is 0 Å². The van der Waals surface area contributed by atoms with Crippen LogP contribution in [0.1, 0.15) is 30.1 Å². The lowest BCUT2D eigenvalue weighted by atomic mass is 10.0. The molecule has 0 spiro atoms. The van der Waals surface area contributed by atoms with Crippen molar-refractivity contribution in [1.29, 1.82) is 0 Å². The lowest BCUT2D eigenvalue weighted by molar-refractivity contribution is 0.0925. The van der Waals surface area contributed by atoms with Crippen LogP contribution in [0.2, 0.25) is 0 Å². The van der Waals surface area contributed by atoms with Gasteiger partial charge >= 0.3 is 0 Å². The summed E-state index contributed by atoms with van der Waals surface area (Å²) in [5, 5.41) is 9.77. The zero-order valence-electron chi connectivity index (χ0n) is 13.3. The van der Waals surface area contributed by atoms with E-state index in [1.807, 2.05) is 36.4 Å². The summed E-state index contributed by atoms with van der Waals surface area (Å²) in [6.45, 7) is 3.11. The first-order valence-corrected chi connectivity index (χ1v) is 8.02. The van der Waals surface area contributed by atoms with Gasteiger partial charge in [-0.15, -0.1) is 0 Å². The number of carbonyl (C=O) groups excluding carboxylic acids is 1. The van der Waals surface area contributed by atoms with E-state index in [1.165, 1.54) is 0 Å². The number of nitrogens with one attached hydrogen (secondary N) is 3. The second-order valence-corrected chi connectivity index (χ2v) is 5.99. The Kier molecular flexibility index (Phi) is 4.88. The van der Waals surface area contributed by atoms with Crippen molar-refractivity contribution in [1.82, 2.24) is 15.6 Å². The number of hydrogen-bond acceptors (Lipinski definition) is 4. The SMILES string of the molecule is CC1CC(NC(=O)c2ccc(Nc3cccnc3)cc2)CCN1. The molecule has 5 nitrogen and oxygen atoms in total. The van der Waals surface area contributed by atoms with Crippen molar-refractivity contribution in [3.8, 4) is 0 Å². The standard InChI is InChI=1S/C18H22N4O/c1-13-11-16(8-10-20-13)22-18(23)14-4-6-15(7-5-14)21-17-3-2-9-19-12-17/h2-7,9,12-13,16,20-21H,8,10-11H2,1H3,(H,22,23). The number of nitrogens with zero attached hydrogens (tertiary/aromatic N) is 1. The normalized spacial score (nSPS) is 20.7. The van der Waals surface area contributed by atoms with Gasteiger partial charge in [-0.1, -0.05) is 0 Å². The highest BCUT2D eigenvalue weighted by Crippen LogP contribution is 2.16. The van der Waals surface area contributed by atoms with Gasteiger partial charge in [0, 0.05) is 29.5 Å².